The van der Waals surface area contributed by atoms with E-state index in [-0.39, 0.29) is 29.6 Å². The summed E-state index contributed by atoms with van der Waals surface area (Å²) in [6, 6.07) is 22.6. The monoisotopic (exact) mass is 676 g/mol. The molecule has 1 aliphatic rings. The average Bonchev–Trinajstić information content (AvgIpc) is 3.54. The molecule has 47 heavy (non-hydrogen) atoms. The average molecular weight is 677 g/mol. The van der Waals surface area contributed by atoms with Crippen molar-refractivity contribution < 1.29 is 26.7 Å². The van der Waals surface area contributed by atoms with Crippen molar-refractivity contribution in [1.82, 2.24) is 15.3 Å². The predicted octanol–water partition coefficient (Wildman–Crippen LogP) is 7.47. The van der Waals surface area contributed by atoms with E-state index in [1.807, 2.05) is 6.08 Å². The van der Waals surface area contributed by atoms with Gasteiger partial charge in [0.25, 0.3) is 0 Å². The summed E-state index contributed by atoms with van der Waals surface area (Å²) in [5, 5.41) is 7.33. The van der Waals surface area contributed by atoms with E-state index >= 15 is 4.39 Å². The Bertz CT molecular complexity index is 2020. The highest BCUT2D eigenvalue weighted by atomic mass is 35.5. The van der Waals surface area contributed by atoms with Crippen LogP contribution >= 0.6 is 11.6 Å². The maximum atomic E-state index is 15.7. The number of fused-ring (bicyclic) bond motifs is 1. The molecule has 1 aliphatic heterocycles. The molecule has 6 rings (SSSR count). The van der Waals surface area contributed by atoms with E-state index in [1.54, 1.807) is 73.0 Å². The summed E-state index contributed by atoms with van der Waals surface area (Å²) in [5.41, 5.74) is 1.02. The molecule has 0 radical (unpaired) electrons. The van der Waals surface area contributed by atoms with E-state index in [2.05, 4.69) is 20.6 Å². The van der Waals surface area contributed by atoms with Crippen molar-refractivity contribution in [2.45, 2.75) is 29.9 Å². The molecule has 1 aromatic heterocycles. The van der Waals surface area contributed by atoms with Gasteiger partial charge in [0, 0.05) is 42.1 Å². The molecule has 12 heteroatoms. The fourth-order valence-corrected chi connectivity index (χ4v) is 6.90. The Hall–Kier alpha value is -4.58. The lowest BCUT2D eigenvalue weighted by molar-refractivity contribution is 0.0296. The van der Waals surface area contributed by atoms with E-state index in [4.69, 9.17) is 21.1 Å². The maximum Gasteiger partial charge on any atom is 0.179 e. The van der Waals surface area contributed by atoms with Crippen LogP contribution in [0.3, 0.4) is 0 Å². The number of benzene rings is 4. The van der Waals surface area contributed by atoms with Gasteiger partial charge in [-0.15, -0.1) is 0 Å². The highest BCUT2D eigenvalue weighted by Crippen LogP contribution is 2.41. The van der Waals surface area contributed by atoms with Crippen molar-refractivity contribution in [3.8, 4) is 5.75 Å². The Balaban J connectivity index is 1.16. The van der Waals surface area contributed by atoms with Gasteiger partial charge in [-0.3, -0.25) is 0 Å². The van der Waals surface area contributed by atoms with Crippen LogP contribution in [0.15, 0.2) is 108 Å². The van der Waals surface area contributed by atoms with E-state index in [0.29, 0.717) is 63.7 Å². The van der Waals surface area contributed by atoms with Gasteiger partial charge < -0.3 is 20.1 Å². The first-order valence-corrected chi connectivity index (χ1v) is 17.0. The van der Waals surface area contributed by atoms with Crippen molar-refractivity contribution in [1.29, 1.82) is 0 Å². The number of aromatic nitrogens is 2. The lowest BCUT2D eigenvalue weighted by Gasteiger charge is -2.30. The van der Waals surface area contributed by atoms with E-state index in [0.717, 1.165) is 0 Å². The Kier molecular flexibility index (Phi) is 9.67. The van der Waals surface area contributed by atoms with Crippen LogP contribution in [0, 0.1) is 11.6 Å². The molecule has 0 saturated heterocycles. The molecule has 0 bridgehead atoms. The number of nitrogens with zero attached hydrogens (tertiary/aromatic N) is 2. The molecule has 0 saturated carbocycles. The summed E-state index contributed by atoms with van der Waals surface area (Å²) in [6.07, 6.45) is 5.56. The Morgan fingerprint density at radius 1 is 0.957 bits per heavy atom. The highest BCUT2D eigenvalue weighted by molar-refractivity contribution is 7.91. The number of ether oxygens (including phenoxy) is 2. The number of hydrogen-bond donors (Lipinski definition) is 2. The standard InChI is InChI=1S/C35H31ClF2N4O4S/c36-30-19-26(10-11-33(30)45-22-24-6-4-7-25(37)18-24)42-34-28-20-29(31(38)21-32(28)40-23-41-34)35(12-5-16-46-35)13-14-39-15-17-47(43,44)27-8-2-1-3-9-27/h1-11,16,18-21,23,39H,12-15,17,22H2,(H,40,41,42). The van der Waals surface area contributed by atoms with Gasteiger partial charge in [0.1, 0.15) is 41.7 Å². The molecule has 2 heterocycles. The Morgan fingerprint density at radius 3 is 2.57 bits per heavy atom. The van der Waals surface area contributed by atoms with Gasteiger partial charge in [-0.1, -0.05) is 41.9 Å². The summed E-state index contributed by atoms with van der Waals surface area (Å²) >= 11 is 6.50. The Labute approximate surface area is 276 Å². The van der Waals surface area contributed by atoms with Gasteiger partial charge in [0.2, 0.25) is 0 Å². The zero-order chi connectivity index (χ0) is 32.9. The van der Waals surface area contributed by atoms with Crippen molar-refractivity contribution in [2.24, 2.45) is 0 Å². The molecule has 5 aromatic rings. The topological polar surface area (TPSA) is 102 Å². The summed E-state index contributed by atoms with van der Waals surface area (Å²) in [5.74, 6) is -0.0180. The van der Waals surface area contributed by atoms with Crippen LogP contribution in [0.1, 0.15) is 24.0 Å². The second-order valence-electron chi connectivity index (χ2n) is 11.1. The van der Waals surface area contributed by atoms with Crippen molar-refractivity contribution in [3.63, 3.8) is 0 Å². The molecule has 0 fully saturated rings. The minimum absolute atomic E-state index is 0.0655. The van der Waals surface area contributed by atoms with Gasteiger partial charge in [0.05, 0.1) is 27.4 Å². The molecule has 4 aromatic carbocycles. The molecule has 8 nitrogen and oxygen atoms in total. The lowest BCUT2D eigenvalue weighted by Crippen LogP contribution is -2.33. The number of anilines is 2. The van der Waals surface area contributed by atoms with Crippen LogP contribution in [-0.2, 0) is 26.8 Å². The Morgan fingerprint density at radius 2 is 1.81 bits per heavy atom. The number of rotatable bonds is 13. The van der Waals surface area contributed by atoms with Gasteiger partial charge >= 0.3 is 0 Å². The number of nitrogens with one attached hydrogen (secondary N) is 2. The molecule has 2 N–H and O–H groups in total. The highest BCUT2D eigenvalue weighted by Gasteiger charge is 2.38. The SMILES string of the molecule is O=S(=O)(CCNCCC1(c2cc3c(Nc4ccc(OCc5cccc(F)c5)c(Cl)c4)ncnc3cc2F)CC=CO1)c1ccccc1. The molecule has 242 valence electrons. The van der Waals surface area contributed by atoms with Crippen LogP contribution in [0.5, 0.6) is 5.75 Å². The first-order chi connectivity index (χ1) is 22.7. The quantitative estimate of drug-likeness (QED) is 0.124. The molecule has 0 aliphatic carbocycles. The predicted molar refractivity (Wildman–Crippen MR) is 177 cm³/mol. The van der Waals surface area contributed by atoms with E-state index in [9.17, 15) is 12.8 Å². The third-order valence-corrected chi connectivity index (χ3v) is 9.91. The van der Waals surface area contributed by atoms with Crippen molar-refractivity contribution >= 4 is 43.8 Å². The van der Waals surface area contributed by atoms with Crippen LogP contribution < -0.4 is 15.4 Å². The van der Waals surface area contributed by atoms with Crippen LogP contribution in [0.25, 0.3) is 10.9 Å². The van der Waals surface area contributed by atoms with Crippen LogP contribution in [0.4, 0.5) is 20.3 Å². The smallest absolute Gasteiger partial charge is 0.179 e. The number of halogens is 3. The fraction of sp³-hybridized carbons (Fsp3) is 0.200. The van der Waals surface area contributed by atoms with Gasteiger partial charge in [-0.2, -0.15) is 0 Å². The number of sulfone groups is 1. The third kappa shape index (κ3) is 7.54. The van der Waals surface area contributed by atoms with Crippen LogP contribution in [-0.4, -0.2) is 37.2 Å². The minimum atomic E-state index is -3.42. The molecule has 1 atom stereocenters. The zero-order valence-electron chi connectivity index (χ0n) is 25.1. The second-order valence-corrected chi connectivity index (χ2v) is 13.6. The van der Waals surface area contributed by atoms with Gasteiger partial charge in [0.15, 0.2) is 9.84 Å². The van der Waals surface area contributed by atoms with Gasteiger partial charge in [-0.25, -0.2) is 27.2 Å². The van der Waals surface area contributed by atoms with Gasteiger partial charge in [-0.05, 0) is 66.7 Å². The van der Waals surface area contributed by atoms with Crippen LogP contribution in [0.2, 0.25) is 5.02 Å². The second kappa shape index (κ2) is 14.0. The normalized spacial score (nSPS) is 15.9. The summed E-state index contributed by atoms with van der Waals surface area (Å²) in [7, 11) is -3.42. The maximum absolute atomic E-state index is 15.7. The van der Waals surface area contributed by atoms with E-state index < -0.39 is 21.3 Å². The molecule has 0 amide bonds. The van der Waals surface area contributed by atoms with E-state index in [1.165, 1.54) is 24.5 Å². The largest absolute Gasteiger partial charge is 0.490 e. The minimum Gasteiger partial charge on any atom is -0.490 e. The van der Waals surface area contributed by atoms with Crippen molar-refractivity contribution in [2.75, 3.05) is 24.2 Å². The third-order valence-electron chi connectivity index (χ3n) is 7.89. The summed E-state index contributed by atoms with van der Waals surface area (Å²) < 4.78 is 66.3. The first kappa shape index (κ1) is 32.4. The molecule has 1 unspecified atom stereocenters. The first-order valence-electron chi connectivity index (χ1n) is 14.9. The molecular weight excluding hydrogens is 646 g/mol. The number of hydrogen-bond acceptors (Lipinski definition) is 8. The lowest BCUT2D eigenvalue weighted by atomic mass is 9.86. The molecular formula is C35H31ClF2N4O4S. The summed E-state index contributed by atoms with van der Waals surface area (Å²) in [4.78, 5) is 8.96. The fourth-order valence-electron chi connectivity index (χ4n) is 5.45. The molecule has 0 spiro atoms. The summed E-state index contributed by atoms with van der Waals surface area (Å²) in [6.45, 7) is 0.780. The zero-order valence-corrected chi connectivity index (χ0v) is 26.7. The van der Waals surface area contributed by atoms with Crippen molar-refractivity contribution in [3.05, 3.63) is 131 Å².